The van der Waals surface area contributed by atoms with Crippen LogP contribution in [0.1, 0.15) is 29.6 Å². The van der Waals surface area contributed by atoms with Crippen molar-refractivity contribution in [1.82, 2.24) is 4.90 Å². The fraction of sp³-hybridized carbons (Fsp3) is 0.467. The molecule has 6 heteroatoms. The van der Waals surface area contributed by atoms with Crippen LogP contribution in [-0.4, -0.2) is 47.2 Å². The van der Waals surface area contributed by atoms with Gasteiger partial charge in [0, 0.05) is 25.6 Å². The topological polar surface area (TPSA) is 87.1 Å². The summed E-state index contributed by atoms with van der Waals surface area (Å²) in [4.78, 5) is 24.8. The number of carboxylic acid groups (broad SMARTS) is 1. The van der Waals surface area contributed by atoms with Crippen LogP contribution >= 0.6 is 0 Å². The number of piperidine rings is 1. The Morgan fingerprint density at radius 3 is 2.81 bits per heavy atom. The third-order valence-electron chi connectivity index (χ3n) is 3.70. The second kappa shape index (κ2) is 6.47. The first-order valence-corrected chi connectivity index (χ1v) is 6.89. The lowest BCUT2D eigenvalue weighted by Gasteiger charge is -2.32. The molecule has 1 aliphatic rings. The fourth-order valence-corrected chi connectivity index (χ4v) is 2.65. The zero-order chi connectivity index (χ0) is 15.4. The average Bonchev–Trinajstić information content (AvgIpc) is 2.46. The van der Waals surface area contributed by atoms with Crippen LogP contribution in [-0.2, 0) is 4.79 Å². The zero-order valence-electron chi connectivity index (χ0n) is 11.9. The molecule has 114 valence electrons. The Balaban J connectivity index is 2.10. The van der Waals surface area contributed by atoms with Crippen LogP contribution in [0.15, 0.2) is 18.2 Å². The molecule has 1 heterocycles. The highest BCUT2D eigenvalue weighted by Gasteiger charge is 2.27. The van der Waals surface area contributed by atoms with Crippen molar-refractivity contribution in [1.29, 1.82) is 0 Å². The Kier molecular flexibility index (Phi) is 4.67. The largest absolute Gasteiger partial charge is 0.507 e. The van der Waals surface area contributed by atoms with Gasteiger partial charge >= 0.3 is 5.97 Å². The number of carboxylic acids is 1. The number of nitrogens with zero attached hydrogens (tertiary/aromatic N) is 1. The molecule has 0 bridgehead atoms. The maximum absolute atomic E-state index is 12.4. The summed E-state index contributed by atoms with van der Waals surface area (Å²) >= 11 is 0. The molecule has 1 aliphatic heterocycles. The van der Waals surface area contributed by atoms with E-state index in [-0.39, 0.29) is 29.6 Å². The number of carbonyl (C=O) groups is 2. The van der Waals surface area contributed by atoms with Gasteiger partial charge in [0.25, 0.3) is 5.91 Å². The number of rotatable bonds is 4. The number of aromatic hydroxyl groups is 1. The number of benzene rings is 1. The lowest BCUT2D eigenvalue weighted by Crippen LogP contribution is -2.40. The number of phenols is 1. The Morgan fingerprint density at radius 2 is 2.19 bits per heavy atom. The number of ether oxygens (including phenoxy) is 1. The van der Waals surface area contributed by atoms with Crippen molar-refractivity contribution in [2.45, 2.75) is 19.3 Å². The first-order valence-electron chi connectivity index (χ1n) is 6.89. The molecule has 1 saturated heterocycles. The maximum Gasteiger partial charge on any atom is 0.303 e. The summed E-state index contributed by atoms with van der Waals surface area (Å²) in [5, 5.41) is 18.8. The second-order valence-electron chi connectivity index (χ2n) is 5.24. The second-order valence-corrected chi connectivity index (χ2v) is 5.24. The van der Waals surface area contributed by atoms with Gasteiger partial charge < -0.3 is 19.8 Å². The van der Waals surface area contributed by atoms with Gasteiger partial charge in [-0.15, -0.1) is 0 Å². The number of methoxy groups -OCH3 is 1. The van der Waals surface area contributed by atoms with Crippen LogP contribution in [0.3, 0.4) is 0 Å². The summed E-state index contributed by atoms with van der Waals surface area (Å²) in [5.74, 6) is -0.793. The first kappa shape index (κ1) is 15.2. The SMILES string of the molecule is COc1ccc(C(=O)N2CCCC(CC(=O)O)C2)c(O)c1. The predicted octanol–water partition coefficient (Wildman–Crippen LogP) is 1.73. The minimum Gasteiger partial charge on any atom is -0.507 e. The molecule has 1 aromatic rings. The Labute approximate surface area is 122 Å². The average molecular weight is 293 g/mol. The van der Waals surface area contributed by atoms with Gasteiger partial charge in [0.05, 0.1) is 12.7 Å². The van der Waals surface area contributed by atoms with Crippen molar-refractivity contribution in [2.75, 3.05) is 20.2 Å². The van der Waals surface area contributed by atoms with E-state index >= 15 is 0 Å². The maximum atomic E-state index is 12.4. The molecule has 1 fully saturated rings. The first-order chi connectivity index (χ1) is 10.0. The van der Waals surface area contributed by atoms with Crippen molar-refractivity contribution in [2.24, 2.45) is 5.92 Å². The minimum absolute atomic E-state index is 0.0272. The van der Waals surface area contributed by atoms with Crippen molar-refractivity contribution >= 4 is 11.9 Å². The standard InChI is InChI=1S/C15H19NO5/c1-21-11-4-5-12(13(17)8-11)15(20)16-6-2-3-10(9-16)7-14(18)19/h4-5,8,10,17H,2-3,6-7,9H2,1H3,(H,18,19). The highest BCUT2D eigenvalue weighted by Crippen LogP contribution is 2.27. The third kappa shape index (κ3) is 3.65. The lowest BCUT2D eigenvalue weighted by molar-refractivity contribution is -0.138. The highest BCUT2D eigenvalue weighted by molar-refractivity contribution is 5.97. The van der Waals surface area contributed by atoms with Crippen molar-refractivity contribution < 1.29 is 24.5 Å². The summed E-state index contributed by atoms with van der Waals surface area (Å²) in [7, 11) is 1.48. The van der Waals surface area contributed by atoms with Crippen molar-refractivity contribution in [3.05, 3.63) is 23.8 Å². The molecule has 0 radical (unpaired) electrons. The molecule has 0 aliphatic carbocycles. The minimum atomic E-state index is -0.846. The number of hydrogen-bond donors (Lipinski definition) is 2. The Morgan fingerprint density at radius 1 is 1.43 bits per heavy atom. The Bertz CT molecular complexity index is 543. The van der Waals surface area contributed by atoms with Gasteiger partial charge in [-0.1, -0.05) is 0 Å². The molecule has 1 atom stereocenters. The monoisotopic (exact) mass is 293 g/mol. The summed E-state index contributed by atoms with van der Waals surface area (Å²) in [6.07, 6.45) is 1.66. The molecule has 21 heavy (non-hydrogen) atoms. The number of carbonyl (C=O) groups excluding carboxylic acids is 1. The van der Waals surface area contributed by atoms with Crippen molar-refractivity contribution in [3.63, 3.8) is 0 Å². The van der Waals surface area contributed by atoms with E-state index in [1.54, 1.807) is 11.0 Å². The highest BCUT2D eigenvalue weighted by atomic mass is 16.5. The number of amides is 1. The molecular formula is C15H19NO5. The van der Waals surface area contributed by atoms with Crippen LogP contribution in [0.5, 0.6) is 11.5 Å². The Hall–Kier alpha value is -2.24. The summed E-state index contributed by atoms with van der Waals surface area (Å²) < 4.78 is 4.99. The predicted molar refractivity (Wildman–Crippen MR) is 75.5 cm³/mol. The van der Waals surface area contributed by atoms with E-state index in [0.29, 0.717) is 18.8 Å². The van der Waals surface area contributed by atoms with Crippen LogP contribution in [0, 0.1) is 5.92 Å². The van der Waals surface area contributed by atoms with Gasteiger partial charge in [0.2, 0.25) is 0 Å². The number of likely N-dealkylation sites (tertiary alicyclic amines) is 1. The van der Waals surface area contributed by atoms with Gasteiger partial charge in [0.1, 0.15) is 11.5 Å². The fourth-order valence-electron chi connectivity index (χ4n) is 2.65. The van der Waals surface area contributed by atoms with Crippen molar-refractivity contribution in [3.8, 4) is 11.5 Å². The third-order valence-corrected chi connectivity index (χ3v) is 3.70. The van der Waals surface area contributed by atoms with Crippen LogP contribution in [0.25, 0.3) is 0 Å². The number of phenolic OH excluding ortho intramolecular Hbond substituents is 1. The zero-order valence-corrected chi connectivity index (χ0v) is 11.9. The normalized spacial score (nSPS) is 18.3. The molecule has 1 unspecified atom stereocenters. The number of aliphatic carboxylic acids is 1. The van der Waals surface area contributed by atoms with Gasteiger partial charge in [-0.25, -0.2) is 0 Å². The lowest BCUT2D eigenvalue weighted by atomic mass is 9.94. The van der Waals surface area contributed by atoms with E-state index in [4.69, 9.17) is 9.84 Å². The van der Waals surface area contributed by atoms with Crippen LogP contribution in [0.2, 0.25) is 0 Å². The van der Waals surface area contributed by atoms with Gasteiger partial charge in [-0.05, 0) is 30.9 Å². The van der Waals surface area contributed by atoms with Crippen LogP contribution < -0.4 is 4.74 Å². The van der Waals surface area contributed by atoms with E-state index in [0.717, 1.165) is 12.8 Å². The molecule has 2 rings (SSSR count). The smallest absolute Gasteiger partial charge is 0.303 e. The van der Waals surface area contributed by atoms with E-state index in [1.807, 2.05) is 0 Å². The summed E-state index contributed by atoms with van der Waals surface area (Å²) in [5.41, 5.74) is 0.215. The molecule has 2 N–H and O–H groups in total. The quantitative estimate of drug-likeness (QED) is 0.882. The number of hydrogen-bond acceptors (Lipinski definition) is 4. The summed E-state index contributed by atoms with van der Waals surface area (Å²) in [6.45, 7) is 0.997. The summed E-state index contributed by atoms with van der Waals surface area (Å²) in [6, 6.07) is 4.54. The van der Waals surface area contributed by atoms with E-state index in [9.17, 15) is 14.7 Å². The molecule has 0 aromatic heterocycles. The van der Waals surface area contributed by atoms with E-state index < -0.39 is 5.97 Å². The molecule has 1 aromatic carbocycles. The van der Waals surface area contributed by atoms with Gasteiger partial charge in [0.15, 0.2) is 0 Å². The van der Waals surface area contributed by atoms with Crippen LogP contribution in [0.4, 0.5) is 0 Å². The molecule has 0 spiro atoms. The van der Waals surface area contributed by atoms with Gasteiger partial charge in [-0.2, -0.15) is 0 Å². The van der Waals surface area contributed by atoms with E-state index in [2.05, 4.69) is 0 Å². The molecule has 0 saturated carbocycles. The molecule has 1 amide bonds. The molecule has 6 nitrogen and oxygen atoms in total. The van der Waals surface area contributed by atoms with E-state index in [1.165, 1.54) is 19.2 Å². The van der Waals surface area contributed by atoms with Gasteiger partial charge in [-0.3, -0.25) is 9.59 Å². The molecular weight excluding hydrogens is 274 g/mol.